The van der Waals surface area contributed by atoms with Crippen LogP contribution in [-0.2, 0) is 6.54 Å². The molecule has 0 amide bonds. The first-order chi connectivity index (χ1) is 8.15. The highest BCUT2D eigenvalue weighted by molar-refractivity contribution is 5.33. The van der Waals surface area contributed by atoms with Gasteiger partial charge in [-0.05, 0) is 26.0 Å². The molecule has 3 heteroatoms. The normalized spacial score (nSPS) is 11.5. The van der Waals surface area contributed by atoms with E-state index >= 15 is 0 Å². The van der Waals surface area contributed by atoms with Crippen LogP contribution in [0.2, 0.25) is 0 Å². The molecule has 0 atom stereocenters. The zero-order chi connectivity index (χ0) is 12.7. The lowest BCUT2D eigenvalue weighted by atomic mass is 9.99. The molecular weight excluding hydrogens is 214 g/mol. The lowest BCUT2D eigenvalue weighted by molar-refractivity contribution is -0.0116. The van der Waals surface area contributed by atoms with Gasteiger partial charge < -0.3 is 15.2 Å². The van der Waals surface area contributed by atoms with Crippen molar-refractivity contribution in [2.24, 2.45) is 0 Å². The van der Waals surface area contributed by atoms with E-state index in [2.05, 4.69) is 5.32 Å². The summed E-state index contributed by atoms with van der Waals surface area (Å²) in [6, 6.07) is 7.91. The molecule has 0 aromatic heterocycles. The number of hydrogen-bond donors (Lipinski definition) is 2. The van der Waals surface area contributed by atoms with E-state index in [1.165, 1.54) is 0 Å². The predicted octanol–water partition coefficient (Wildman–Crippen LogP) is 2.34. The van der Waals surface area contributed by atoms with E-state index in [0.29, 0.717) is 19.4 Å². The summed E-state index contributed by atoms with van der Waals surface area (Å²) in [6.07, 6.45) is 1.41. The molecule has 1 rings (SSSR count). The summed E-state index contributed by atoms with van der Waals surface area (Å²) in [5.74, 6) is 0.849. The van der Waals surface area contributed by atoms with Gasteiger partial charge in [0.2, 0.25) is 0 Å². The third-order valence-corrected chi connectivity index (χ3v) is 3.15. The molecule has 0 spiro atoms. The van der Waals surface area contributed by atoms with E-state index in [1.54, 1.807) is 0 Å². The first-order valence-electron chi connectivity index (χ1n) is 6.23. The summed E-state index contributed by atoms with van der Waals surface area (Å²) in [6.45, 7) is 5.08. The molecule has 1 aromatic rings. The second kappa shape index (κ2) is 6.62. The Morgan fingerprint density at radius 3 is 2.47 bits per heavy atom. The molecule has 1 aromatic carbocycles. The van der Waals surface area contributed by atoms with Crippen molar-refractivity contribution in [1.29, 1.82) is 0 Å². The largest absolute Gasteiger partial charge is 0.490 e. The summed E-state index contributed by atoms with van der Waals surface area (Å²) in [4.78, 5) is 0. The zero-order valence-corrected chi connectivity index (χ0v) is 11.0. The minimum atomic E-state index is -0.716. The molecule has 0 unspecified atom stereocenters. The second-order valence-electron chi connectivity index (χ2n) is 4.36. The maximum absolute atomic E-state index is 10.2. The van der Waals surface area contributed by atoms with Gasteiger partial charge in [-0.2, -0.15) is 0 Å². The Morgan fingerprint density at radius 1 is 1.24 bits per heavy atom. The van der Waals surface area contributed by atoms with Crippen molar-refractivity contribution in [3.8, 4) is 5.75 Å². The third-order valence-electron chi connectivity index (χ3n) is 3.15. The topological polar surface area (TPSA) is 41.5 Å². The summed E-state index contributed by atoms with van der Waals surface area (Å²) >= 11 is 0. The minimum Gasteiger partial charge on any atom is -0.490 e. The van der Waals surface area contributed by atoms with Gasteiger partial charge in [-0.1, -0.05) is 32.0 Å². The first kappa shape index (κ1) is 14.0. The number of para-hydroxylation sites is 1. The Morgan fingerprint density at radius 2 is 1.88 bits per heavy atom. The van der Waals surface area contributed by atoms with Gasteiger partial charge in [0.15, 0.2) is 0 Å². The van der Waals surface area contributed by atoms with Gasteiger partial charge in [-0.3, -0.25) is 0 Å². The maximum atomic E-state index is 10.2. The van der Waals surface area contributed by atoms with E-state index in [4.69, 9.17) is 4.74 Å². The Bertz CT molecular complexity index is 335. The third kappa shape index (κ3) is 4.02. The van der Waals surface area contributed by atoms with Crippen molar-refractivity contribution in [2.75, 3.05) is 13.7 Å². The molecular formula is C14H23NO2. The smallest absolute Gasteiger partial charge is 0.123 e. The molecule has 17 heavy (non-hydrogen) atoms. The zero-order valence-electron chi connectivity index (χ0n) is 11.0. The number of nitrogens with one attached hydrogen (secondary N) is 1. The molecule has 0 aliphatic carbocycles. The van der Waals surface area contributed by atoms with E-state index in [0.717, 1.165) is 17.9 Å². The molecule has 0 radical (unpaired) electrons. The van der Waals surface area contributed by atoms with E-state index in [1.807, 2.05) is 45.2 Å². The molecule has 0 heterocycles. The van der Waals surface area contributed by atoms with Crippen LogP contribution in [0.15, 0.2) is 24.3 Å². The molecule has 0 bridgehead atoms. The van der Waals surface area contributed by atoms with Crippen LogP contribution in [0.25, 0.3) is 0 Å². The van der Waals surface area contributed by atoms with Crippen LogP contribution in [0.4, 0.5) is 0 Å². The summed E-state index contributed by atoms with van der Waals surface area (Å²) in [5, 5.41) is 13.3. The number of aliphatic hydroxyl groups is 1. The fraction of sp³-hybridized carbons (Fsp3) is 0.571. The standard InChI is InChI=1S/C14H23NO2/c1-4-14(16,5-2)11-17-13-9-7-6-8-12(13)10-15-3/h6-9,15-16H,4-5,10-11H2,1-3H3. The van der Waals surface area contributed by atoms with Crippen molar-refractivity contribution >= 4 is 0 Å². The highest BCUT2D eigenvalue weighted by atomic mass is 16.5. The monoisotopic (exact) mass is 237 g/mol. The van der Waals surface area contributed by atoms with Crippen LogP contribution < -0.4 is 10.1 Å². The molecule has 2 N–H and O–H groups in total. The van der Waals surface area contributed by atoms with Crippen LogP contribution in [0.1, 0.15) is 32.3 Å². The lowest BCUT2D eigenvalue weighted by Crippen LogP contribution is -2.34. The summed E-state index contributed by atoms with van der Waals surface area (Å²) in [7, 11) is 1.91. The Labute approximate surface area is 104 Å². The van der Waals surface area contributed by atoms with Gasteiger partial charge in [0.05, 0.1) is 5.60 Å². The quantitative estimate of drug-likeness (QED) is 0.765. The fourth-order valence-electron chi connectivity index (χ4n) is 1.65. The first-order valence-corrected chi connectivity index (χ1v) is 6.23. The minimum absolute atomic E-state index is 0.348. The Hall–Kier alpha value is -1.06. The summed E-state index contributed by atoms with van der Waals surface area (Å²) in [5.41, 5.74) is 0.400. The van der Waals surface area contributed by atoms with E-state index < -0.39 is 5.60 Å². The van der Waals surface area contributed by atoms with Gasteiger partial charge in [0.25, 0.3) is 0 Å². The molecule has 0 fully saturated rings. The average Bonchev–Trinajstić information content (AvgIpc) is 2.38. The van der Waals surface area contributed by atoms with Gasteiger partial charge in [0.1, 0.15) is 12.4 Å². The van der Waals surface area contributed by atoms with Gasteiger partial charge in [0, 0.05) is 12.1 Å². The number of hydrogen-bond acceptors (Lipinski definition) is 3. The molecule has 0 saturated heterocycles. The van der Waals surface area contributed by atoms with Crippen LogP contribution in [0.3, 0.4) is 0 Å². The van der Waals surface area contributed by atoms with Crippen molar-refractivity contribution in [1.82, 2.24) is 5.32 Å². The van der Waals surface area contributed by atoms with Gasteiger partial charge in [-0.15, -0.1) is 0 Å². The van der Waals surface area contributed by atoms with Gasteiger partial charge >= 0.3 is 0 Å². The highest BCUT2D eigenvalue weighted by Gasteiger charge is 2.23. The van der Waals surface area contributed by atoms with E-state index in [-0.39, 0.29) is 0 Å². The highest BCUT2D eigenvalue weighted by Crippen LogP contribution is 2.21. The van der Waals surface area contributed by atoms with Crippen molar-refractivity contribution in [2.45, 2.75) is 38.8 Å². The molecule has 96 valence electrons. The van der Waals surface area contributed by atoms with Gasteiger partial charge in [-0.25, -0.2) is 0 Å². The molecule has 0 saturated carbocycles. The van der Waals surface area contributed by atoms with E-state index in [9.17, 15) is 5.11 Å². The number of rotatable bonds is 7. The SMILES string of the molecule is CCC(O)(CC)COc1ccccc1CNC. The van der Waals surface area contributed by atoms with Crippen LogP contribution in [0.5, 0.6) is 5.75 Å². The van der Waals surface area contributed by atoms with Crippen molar-refractivity contribution < 1.29 is 9.84 Å². The van der Waals surface area contributed by atoms with Crippen molar-refractivity contribution in [3.05, 3.63) is 29.8 Å². The molecule has 0 aliphatic rings. The average molecular weight is 237 g/mol. The van der Waals surface area contributed by atoms with Crippen LogP contribution >= 0.6 is 0 Å². The lowest BCUT2D eigenvalue weighted by Gasteiger charge is -2.25. The summed E-state index contributed by atoms with van der Waals surface area (Å²) < 4.78 is 5.75. The number of benzene rings is 1. The Kier molecular flexibility index (Phi) is 5.45. The van der Waals surface area contributed by atoms with Crippen LogP contribution in [0, 0.1) is 0 Å². The molecule has 0 aliphatic heterocycles. The predicted molar refractivity (Wildman–Crippen MR) is 70.2 cm³/mol. The molecule has 3 nitrogen and oxygen atoms in total. The second-order valence-corrected chi connectivity index (χ2v) is 4.36. The fourth-order valence-corrected chi connectivity index (χ4v) is 1.65. The Balaban J connectivity index is 2.68. The van der Waals surface area contributed by atoms with Crippen molar-refractivity contribution in [3.63, 3.8) is 0 Å². The van der Waals surface area contributed by atoms with Crippen LogP contribution in [-0.4, -0.2) is 24.4 Å². The maximum Gasteiger partial charge on any atom is 0.123 e. The number of ether oxygens (including phenoxy) is 1.